The van der Waals surface area contributed by atoms with Gasteiger partial charge in [0.15, 0.2) is 5.82 Å². The van der Waals surface area contributed by atoms with E-state index in [1.165, 1.54) is 0 Å². The fourth-order valence-electron chi connectivity index (χ4n) is 2.68. The molecule has 0 aliphatic carbocycles. The van der Waals surface area contributed by atoms with Crippen LogP contribution in [-0.4, -0.2) is 26.6 Å². The predicted octanol–water partition coefficient (Wildman–Crippen LogP) is 3.08. The summed E-state index contributed by atoms with van der Waals surface area (Å²) < 4.78 is 11.0. The van der Waals surface area contributed by atoms with Crippen LogP contribution in [-0.2, 0) is 13.0 Å². The Kier molecular flexibility index (Phi) is 4.05. The molecule has 0 saturated carbocycles. The molecule has 0 aromatic carbocycles. The van der Waals surface area contributed by atoms with Crippen molar-refractivity contribution in [3.63, 3.8) is 0 Å². The number of oxazole rings is 1. The van der Waals surface area contributed by atoms with Crippen molar-refractivity contribution in [2.75, 3.05) is 6.54 Å². The van der Waals surface area contributed by atoms with Gasteiger partial charge in [0.25, 0.3) is 0 Å². The molecular weight excluding hydrogens is 268 g/mol. The number of nitrogens with zero attached hydrogens (tertiary/aromatic N) is 4. The molecule has 6 nitrogen and oxygen atoms in total. The van der Waals surface area contributed by atoms with Crippen LogP contribution in [0, 0.1) is 0 Å². The van der Waals surface area contributed by atoms with Crippen molar-refractivity contribution in [2.24, 2.45) is 0 Å². The van der Waals surface area contributed by atoms with Crippen LogP contribution >= 0.6 is 0 Å². The summed E-state index contributed by atoms with van der Waals surface area (Å²) in [5.41, 5.74) is 0. The number of aryl methyl sites for hydroxylation is 1. The van der Waals surface area contributed by atoms with Crippen LogP contribution in [0.1, 0.15) is 68.9 Å². The van der Waals surface area contributed by atoms with Crippen molar-refractivity contribution >= 4 is 0 Å². The third kappa shape index (κ3) is 3.00. The zero-order valence-electron chi connectivity index (χ0n) is 12.9. The van der Waals surface area contributed by atoms with E-state index < -0.39 is 0 Å². The van der Waals surface area contributed by atoms with Crippen LogP contribution in [0.2, 0.25) is 0 Å². The normalized spacial score (nSPS) is 19.7. The molecule has 0 radical (unpaired) electrons. The van der Waals surface area contributed by atoms with Crippen LogP contribution in [0.4, 0.5) is 0 Å². The molecular formula is C15H22N4O2. The van der Waals surface area contributed by atoms with Crippen molar-refractivity contribution in [1.29, 1.82) is 0 Å². The number of aromatic nitrogens is 3. The van der Waals surface area contributed by atoms with Gasteiger partial charge in [0, 0.05) is 12.3 Å². The molecule has 2 aromatic heterocycles. The molecule has 1 saturated heterocycles. The molecule has 21 heavy (non-hydrogen) atoms. The smallest absolute Gasteiger partial charge is 0.229 e. The standard InChI is InChI=1S/C15H22N4O2/c1-4-11-8-16-13(20-11)9-19-7-5-6-12(19)14-17-15(10(2)3)21-18-14/h8,10,12H,4-7,9H2,1-3H3/t12-/m1/s1. The van der Waals surface area contributed by atoms with Crippen LogP contribution in [0.25, 0.3) is 0 Å². The molecule has 1 aliphatic rings. The minimum absolute atomic E-state index is 0.207. The minimum Gasteiger partial charge on any atom is -0.444 e. The second-order valence-corrected chi connectivity index (χ2v) is 5.85. The Morgan fingerprint density at radius 2 is 2.29 bits per heavy atom. The van der Waals surface area contributed by atoms with Crippen LogP contribution in [0.15, 0.2) is 15.1 Å². The number of likely N-dealkylation sites (tertiary alicyclic amines) is 1. The fourth-order valence-corrected chi connectivity index (χ4v) is 2.68. The maximum absolute atomic E-state index is 5.71. The van der Waals surface area contributed by atoms with E-state index in [2.05, 4.69) is 40.8 Å². The average molecular weight is 290 g/mol. The van der Waals surface area contributed by atoms with Gasteiger partial charge in [0.1, 0.15) is 5.76 Å². The minimum atomic E-state index is 0.207. The summed E-state index contributed by atoms with van der Waals surface area (Å²) in [5, 5.41) is 4.15. The first kappa shape index (κ1) is 14.3. The van der Waals surface area contributed by atoms with E-state index in [4.69, 9.17) is 8.94 Å². The molecule has 114 valence electrons. The van der Waals surface area contributed by atoms with E-state index >= 15 is 0 Å². The second-order valence-electron chi connectivity index (χ2n) is 5.85. The fraction of sp³-hybridized carbons (Fsp3) is 0.667. The van der Waals surface area contributed by atoms with E-state index in [1.54, 1.807) is 0 Å². The van der Waals surface area contributed by atoms with E-state index in [0.29, 0.717) is 12.4 Å². The maximum Gasteiger partial charge on any atom is 0.229 e. The van der Waals surface area contributed by atoms with Crippen LogP contribution < -0.4 is 0 Å². The Morgan fingerprint density at radius 1 is 1.43 bits per heavy atom. The van der Waals surface area contributed by atoms with E-state index in [1.807, 2.05) is 6.20 Å². The first-order chi connectivity index (χ1) is 10.2. The monoisotopic (exact) mass is 290 g/mol. The summed E-state index contributed by atoms with van der Waals surface area (Å²) in [7, 11) is 0. The molecule has 3 heterocycles. The van der Waals surface area contributed by atoms with Crippen molar-refractivity contribution < 1.29 is 8.94 Å². The quantitative estimate of drug-likeness (QED) is 0.843. The zero-order chi connectivity index (χ0) is 14.8. The highest BCUT2D eigenvalue weighted by atomic mass is 16.5. The molecule has 0 N–H and O–H groups in total. The van der Waals surface area contributed by atoms with Gasteiger partial charge in [-0.3, -0.25) is 4.90 Å². The van der Waals surface area contributed by atoms with Gasteiger partial charge >= 0.3 is 0 Å². The van der Waals surface area contributed by atoms with Crippen molar-refractivity contribution in [1.82, 2.24) is 20.0 Å². The van der Waals surface area contributed by atoms with Gasteiger partial charge in [0.05, 0.1) is 18.8 Å². The van der Waals surface area contributed by atoms with Gasteiger partial charge in [-0.15, -0.1) is 0 Å². The highest BCUT2D eigenvalue weighted by Crippen LogP contribution is 2.32. The maximum atomic E-state index is 5.71. The van der Waals surface area contributed by atoms with Gasteiger partial charge in [-0.05, 0) is 19.4 Å². The lowest BCUT2D eigenvalue weighted by atomic mass is 10.2. The molecule has 0 spiro atoms. The Labute approximate surface area is 124 Å². The molecule has 1 fully saturated rings. The summed E-state index contributed by atoms with van der Waals surface area (Å²) in [6.45, 7) is 7.90. The summed E-state index contributed by atoms with van der Waals surface area (Å²) in [6.07, 6.45) is 4.88. The predicted molar refractivity (Wildman–Crippen MR) is 76.7 cm³/mol. The lowest BCUT2D eigenvalue weighted by Gasteiger charge is -2.19. The number of rotatable bonds is 5. The Hall–Kier alpha value is -1.69. The van der Waals surface area contributed by atoms with E-state index in [-0.39, 0.29) is 12.0 Å². The third-order valence-corrected chi connectivity index (χ3v) is 3.90. The topological polar surface area (TPSA) is 68.2 Å². The Bertz CT molecular complexity index is 590. The highest BCUT2D eigenvalue weighted by Gasteiger charge is 2.31. The largest absolute Gasteiger partial charge is 0.444 e. The first-order valence-corrected chi connectivity index (χ1v) is 7.68. The highest BCUT2D eigenvalue weighted by molar-refractivity contribution is 5.01. The Balaban J connectivity index is 1.72. The van der Waals surface area contributed by atoms with Gasteiger partial charge in [-0.1, -0.05) is 25.9 Å². The first-order valence-electron chi connectivity index (χ1n) is 7.68. The second kappa shape index (κ2) is 5.97. The summed E-state index contributed by atoms with van der Waals surface area (Å²) in [4.78, 5) is 11.2. The summed E-state index contributed by atoms with van der Waals surface area (Å²) in [6, 6.07) is 0.207. The van der Waals surface area contributed by atoms with Crippen molar-refractivity contribution in [3.8, 4) is 0 Å². The molecule has 3 rings (SSSR count). The van der Waals surface area contributed by atoms with Gasteiger partial charge in [-0.2, -0.15) is 4.98 Å². The molecule has 1 aliphatic heterocycles. The zero-order valence-corrected chi connectivity index (χ0v) is 12.9. The van der Waals surface area contributed by atoms with Gasteiger partial charge < -0.3 is 8.94 Å². The van der Waals surface area contributed by atoms with E-state index in [0.717, 1.165) is 43.3 Å². The summed E-state index contributed by atoms with van der Waals surface area (Å²) >= 11 is 0. The summed E-state index contributed by atoms with van der Waals surface area (Å²) in [5.74, 6) is 3.47. The molecule has 0 amide bonds. The van der Waals surface area contributed by atoms with Gasteiger partial charge in [-0.25, -0.2) is 4.98 Å². The van der Waals surface area contributed by atoms with Gasteiger partial charge in [0.2, 0.25) is 11.8 Å². The SMILES string of the molecule is CCc1cnc(CN2CCC[C@@H]2c2noc(C(C)C)n2)o1. The molecule has 2 aromatic rings. The lowest BCUT2D eigenvalue weighted by molar-refractivity contribution is 0.210. The third-order valence-electron chi connectivity index (χ3n) is 3.90. The van der Waals surface area contributed by atoms with Crippen molar-refractivity contribution in [2.45, 2.75) is 58.5 Å². The molecule has 0 bridgehead atoms. The van der Waals surface area contributed by atoms with E-state index in [9.17, 15) is 0 Å². The van der Waals surface area contributed by atoms with Crippen molar-refractivity contribution in [3.05, 3.63) is 29.6 Å². The Morgan fingerprint density at radius 3 is 2.95 bits per heavy atom. The van der Waals surface area contributed by atoms with Crippen LogP contribution in [0.3, 0.4) is 0 Å². The molecule has 6 heteroatoms. The number of hydrogen-bond acceptors (Lipinski definition) is 6. The number of hydrogen-bond donors (Lipinski definition) is 0. The molecule has 1 atom stereocenters. The average Bonchev–Trinajstić information content (AvgIpc) is 3.18. The van der Waals surface area contributed by atoms with Crippen LogP contribution in [0.5, 0.6) is 0 Å². The lowest BCUT2D eigenvalue weighted by Crippen LogP contribution is -2.23. The molecule has 0 unspecified atom stereocenters.